The van der Waals surface area contributed by atoms with Crippen molar-refractivity contribution in [3.63, 3.8) is 0 Å². The normalized spacial score (nSPS) is 10.8. The van der Waals surface area contributed by atoms with E-state index in [2.05, 4.69) is 37.2 Å². The van der Waals surface area contributed by atoms with Gasteiger partial charge in [-0.05, 0) is 58.4 Å². The maximum absolute atomic E-state index is 6.25. The molecule has 0 aliphatic rings. The van der Waals surface area contributed by atoms with Crippen molar-refractivity contribution in [2.24, 2.45) is 0 Å². The molecule has 0 radical (unpaired) electrons. The number of ether oxygens (including phenoxy) is 1. The zero-order valence-corrected chi connectivity index (χ0v) is 20.4. The van der Waals surface area contributed by atoms with Crippen LogP contribution >= 0.6 is 78.3 Å². The lowest BCUT2D eigenvalue weighted by molar-refractivity contribution is 0.301. The summed E-state index contributed by atoms with van der Waals surface area (Å²) in [7, 11) is 0. The second-order valence-corrected chi connectivity index (χ2v) is 9.31. The average Bonchev–Trinajstić information content (AvgIpc) is 2.63. The predicted octanol–water partition coefficient (Wildman–Crippen LogP) is 9.02. The minimum Gasteiger partial charge on any atom is -0.487 e. The molecule has 146 valence electrons. The molecule has 0 unspecified atom stereocenters. The molecule has 0 atom stereocenters. The van der Waals surface area contributed by atoms with Gasteiger partial charge in [-0.25, -0.2) is 0 Å². The van der Waals surface area contributed by atoms with Crippen molar-refractivity contribution >= 4 is 84.0 Å². The van der Waals surface area contributed by atoms with E-state index in [-0.39, 0.29) is 0 Å². The van der Waals surface area contributed by atoms with E-state index >= 15 is 0 Å². The number of hydrogen-bond donors (Lipinski definition) is 1. The lowest BCUT2D eigenvalue weighted by Gasteiger charge is -2.16. The standard InChI is InChI=1S/C20H13Br2Cl4NO/c21-13-5-12(9-27-15-3-4-17(24)19(26)8-15)20(16(22)6-13)28-10-11-1-2-14(23)7-18(11)25/h1-8,27H,9-10H2. The fourth-order valence-corrected chi connectivity index (χ4v) is 4.69. The highest BCUT2D eigenvalue weighted by atomic mass is 79.9. The van der Waals surface area contributed by atoms with Crippen molar-refractivity contribution < 1.29 is 4.74 Å². The second-order valence-electron chi connectivity index (χ2n) is 5.88. The molecule has 0 amide bonds. The first kappa shape index (κ1) is 22.1. The van der Waals surface area contributed by atoms with Gasteiger partial charge in [-0.3, -0.25) is 0 Å². The van der Waals surface area contributed by atoms with Gasteiger partial charge in [0.1, 0.15) is 12.4 Å². The van der Waals surface area contributed by atoms with Crippen molar-refractivity contribution in [3.05, 3.63) is 88.7 Å². The summed E-state index contributed by atoms with van der Waals surface area (Å²) in [4.78, 5) is 0. The Balaban J connectivity index is 1.79. The monoisotopic (exact) mass is 581 g/mol. The molecule has 2 nitrogen and oxygen atoms in total. The van der Waals surface area contributed by atoms with E-state index in [1.807, 2.05) is 24.3 Å². The van der Waals surface area contributed by atoms with Crippen LogP contribution in [0.5, 0.6) is 5.75 Å². The molecule has 28 heavy (non-hydrogen) atoms. The summed E-state index contributed by atoms with van der Waals surface area (Å²) in [5, 5.41) is 5.50. The SMILES string of the molecule is Clc1ccc(COc2c(Br)cc(Br)cc2CNc2ccc(Cl)c(Cl)c2)c(Cl)c1. The summed E-state index contributed by atoms with van der Waals surface area (Å²) in [6, 6.07) is 14.7. The molecule has 3 aromatic rings. The van der Waals surface area contributed by atoms with Gasteiger partial charge in [-0.2, -0.15) is 0 Å². The van der Waals surface area contributed by atoms with Gasteiger partial charge in [0.15, 0.2) is 0 Å². The lowest BCUT2D eigenvalue weighted by Crippen LogP contribution is -2.05. The molecular formula is C20H13Br2Cl4NO. The molecule has 8 heteroatoms. The summed E-state index contributed by atoms with van der Waals surface area (Å²) >= 11 is 31.4. The fourth-order valence-electron chi connectivity index (χ4n) is 2.50. The molecule has 0 heterocycles. The number of nitrogens with one attached hydrogen (secondary N) is 1. The van der Waals surface area contributed by atoms with Crippen molar-refractivity contribution in [2.45, 2.75) is 13.2 Å². The van der Waals surface area contributed by atoms with E-state index in [0.29, 0.717) is 33.2 Å². The van der Waals surface area contributed by atoms with Crippen LogP contribution in [0.25, 0.3) is 0 Å². The van der Waals surface area contributed by atoms with Gasteiger partial charge in [0.05, 0.1) is 14.5 Å². The first-order chi connectivity index (χ1) is 13.3. The molecular weight excluding hydrogens is 572 g/mol. The van der Waals surface area contributed by atoms with Crippen LogP contribution in [-0.2, 0) is 13.2 Å². The third-order valence-electron chi connectivity index (χ3n) is 3.87. The van der Waals surface area contributed by atoms with Crippen LogP contribution in [0, 0.1) is 0 Å². The minimum atomic E-state index is 0.315. The zero-order valence-electron chi connectivity index (χ0n) is 14.2. The number of hydrogen-bond acceptors (Lipinski definition) is 2. The summed E-state index contributed by atoms with van der Waals surface area (Å²) in [6.45, 7) is 0.843. The van der Waals surface area contributed by atoms with Crippen LogP contribution < -0.4 is 10.1 Å². The number of anilines is 1. The van der Waals surface area contributed by atoms with E-state index in [9.17, 15) is 0 Å². The highest BCUT2D eigenvalue weighted by Crippen LogP contribution is 2.35. The molecule has 0 bridgehead atoms. The van der Waals surface area contributed by atoms with Crippen molar-refractivity contribution in [3.8, 4) is 5.75 Å². The molecule has 0 aromatic heterocycles. The van der Waals surface area contributed by atoms with Gasteiger partial charge in [-0.15, -0.1) is 0 Å². The van der Waals surface area contributed by atoms with E-state index in [1.54, 1.807) is 24.3 Å². The highest BCUT2D eigenvalue weighted by molar-refractivity contribution is 9.11. The molecule has 0 spiro atoms. The van der Waals surface area contributed by atoms with Gasteiger partial charge in [0.25, 0.3) is 0 Å². The van der Waals surface area contributed by atoms with Gasteiger partial charge in [-0.1, -0.05) is 68.4 Å². The van der Waals surface area contributed by atoms with Gasteiger partial charge < -0.3 is 10.1 Å². The summed E-state index contributed by atoms with van der Waals surface area (Å²) in [5.41, 5.74) is 2.67. The van der Waals surface area contributed by atoms with Crippen LogP contribution in [0.3, 0.4) is 0 Å². The van der Waals surface area contributed by atoms with Gasteiger partial charge in [0, 0.05) is 37.9 Å². The van der Waals surface area contributed by atoms with E-state index in [4.69, 9.17) is 51.1 Å². The highest BCUT2D eigenvalue weighted by Gasteiger charge is 2.12. The zero-order chi connectivity index (χ0) is 20.3. The van der Waals surface area contributed by atoms with E-state index in [1.165, 1.54) is 0 Å². The van der Waals surface area contributed by atoms with Crippen molar-refractivity contribution in [2.75, 3.05) is 5.32 Å². The topological polar surface area (TPSA) is 21.3 Å². The largest absolute Gasteiger partial charge is 0.487 e. The number of rotatable bonds is 6. The van der Waals surface area contributed by atoms with Crippen molar-refractivity contribution in [1.29, 1.82) is 0 Å². The van der Waals surface area contributed by atoms with Crippen LogP contribution in [0.4, 0.5) is 5.69 Å². The third kappa shape index (κ3) is 5.71. The van der Waals surface area contributed by atoms with Crippen LogP contribution in [0.2, 0.25) is 20.1 Å². The fraction of sp³-hybridized carbons (Fsp3) is 0.100. The molecule has 0 fully saturated rings. The summed E-state index contributed by atoms with van der Waals surface area (Å²) in [5.74, 6) is 0.724. The quantitative estimate of drug-likeness (QED) is 0.312. The Morgan fingerprint density at radius 3 is 2.29 bits per heavy atom. The molecule has 3 aromatic carbocycles. The predicted molar refractivity (Wildman–Crippen MR) is 126 cm³/mol. The Bertz CT molecular complexity index is 1010. The molecule has 0 saturated carbocycles. The Morgan fingerprint density at radius 2 is 1.57 bits per heavy atom. The van der Waals surface area contributed by atoms with E-state index in [0.717, 1.165) is 31.5 Å². The van der Waals surface area contributed by atoms with E-state index < -0.39 is 0 Å². The minimum absolute atomic E-state index is 0.315. The molecule has 0 aliphatic heterocycles. The van der Waals surface area contributed by atoms with Crippen LogP contribution in [0.15, 0.2) is 57.5 Å². The molecule has 0 saturated heterocycles. The molecule has 3 rings (SSSR count). The van der Waals surface area contributed by atoms with Crippen LogP contribution in [0.1, 0.15) is 11.1 Å². The summed E-state index contributed by atoms with van der Waals surface area (Å²) < 4.78 is 7.84. The smallest absolute Gasteiger partial charge is 0.139 e. The Hall–Kier alpha value is -0.620. The first-order valence-electron chi connectivity index (χ1n) is 8.07. The third-order valence-corrected chi connectivity index (χ3v) is 6.25. The maximum Gasteiger partial charge on any atom is 0.139 e. The Labute approximate surface area is 200 Å². The number of halogens is 6. The van der Waals surface area contributed by atoms with Crippen molar-refractivity contribution in [1.82, 2.24) is 0 Å². The lowest BCUT2D eigenvalue weighted by atomic mass is 10.2. The summed E-state index contributed by atoms with van der Waals surface area (Å²) in [6.07, 6.45) is 0. The Morgan fingerprint density at radius 1 is 0.786 bits per heavy atom. The molecule has 0 aliphatic carbocycles. The maximum atomic E-state index is 6.25. The van der Waals surface area contributed by atoms with Gasteiger partial charge in [0.2, 0.25) is 0 Å². The second kappa shape index (κ2) is 9.92. The van der Waals surface area contributed by atoms with Crippen LogP contribution in [-0.4, -0.2) is 0 Å². The molecule has 1 N–H and O–H groups in total. The first-order valence-corrected chi connectivity index (χ1v) is 11.2. The average molecular weight is 585 g/mol. The Kier molecular flexibility index (Phi) is 7.82. The number of benzene rings is 3. The van der Waals surface area contributed by atoms with Gasteiger partial charge >= 0.3 is 0 Å².